The van der Waals surface area contributed by atoms with Gasteiger partial charge in [-0.3, -0.25) is 9.36 Å². The number of fused-ring (bicyclic) bond motifs is 4. The van der Waals surface area contributed by atoms with Crippen molar-refractivity contribution in [2.45, 2.75) is 23.9 Å². The Hall–Kier alpha value is -2.93. The Kier molecular flexibility index (Phi) is 5.29. The Morgan fingerprint density at radius 3 is 2.67 bits per heavy atom. The molecular weight excluding hydrogens is 446 g/mol. The molecule has 1 aliphatic rings. The molecule has 0 atom stereocenters. The number of nitrogens with zero attached hydrogens (tertiary/aromatic N) is 3. The van der Waals surface area contributed by atoms with Gasteiger partial charge in [0.2, 0.25) is 0 Å². The van der Waals surface area contributed by atoms with Gasteiger partial charge in [-0.1, -0.05) is 72.4 Å². The highest BCUT2D eigenvalue weighted by Crippen LogP contribution is 2.35. The molecule has 4 nitrogen and oxygen atoms in total. The summed E-state index contributed by atoms with van der Waals surface area (Å²) in [5.74, 6) is 0.750. The topological polar surface area (TPSA) is 38.1 Å². The highest BCUT2D eigenvalue weighted by Gasteiger charge is 2.24. The zero-order chi connectivity index (χ0) is 22.4. The van der Waals surface area contributed by atoms with Gasteiger partial charge in [0, 0.05) is 23.7 Å². The highest BCUT2D eigenvalue weighted by atomic mass is 32.2. The second-order valence-electron chi connectivity index (χ2n) is 8.47. The number of likely N-dealkylation sites (N-methyl/N-ethyl adjacent to an activating group) is 1. The van der Waals surface area contributed by atoms with Gasteiger partial charge < -0.3 is 4.90 Å². The van der Waals surface area contributed by atoms with Crippen LogP contribution < -0.4 is 5.56 Å². The molecule has 0 aliphatic carbocycles. The summed E-state index contributed by atoms with van der Waals surface area (Å²) in [5.41, 5.74) is 3.36. The van der Waals surface area contributed by atoms with Crippen LogP contribution in [0.15, 0.2) is 82.7 Å². The summed E-state index contributed by atoms with van der Waals surface area (Å²) in [6.07, 6.45) is 0.903. The molecule has 3 heterocycles. The minimum Gasteiger partial charge on any atom is -0.301 e. The maximum atomic E-state index is 13.9. The van der Waals surface area contributed by atoms with E-state index in [1.165, 1.54) is 26.8 Å². The monoisotopic (exact) mass is 469 g/mol. The third-order valence-corrected chi connectivity index (χ3v) is 8.38. The molecule has 0 bridgehead atoms. The van der Waals surface area contributed by atoms with E-state index in [0.29, 0.717) is 0 Å². The van der Waals surface area contributed by atoms with Crippen LogP contribution in [-0.4, -0.2) is 28.0 Å². The lowest BCUT2D eigenvalue weighted by atomic mass is 10.1. The fourth-order valence-corrected chi connectivity index (χ4v) is 6.97. The van der Waals surface area contributed by atoms with Crippen molar-refractivity contribution in [2.75, 3.05) is 13.6 Å². The van der Waals surface area contributed by atoms with E-state index in [-0.39, 0.29) is 5.56 Å². The van der Waals surface area contributed by atoms with Crippen LogP contribution in [0.5, 0.6) is 0 Å². The fraction of sp³-hybridized carbons (Fsp3) is 0.185. The minimum absolute atomic E-state index is 0.0497. The highest BCUT2D eigenvalue weighted by molar-refractivity contribution is 7.98. The predicted octanol–water partition coefficient (Wildman–Crippen LogP) is 5.88. The molecule has 5 aromatic rings. The van der Waals surface area contributed by atoms with Gasteiger partial charge in [0.25, 0.3) is 5.56 Å². The average Bonchev–Trinajstić information content (AvgIpc) is 3.21. The van der Waals surface area contributed by atoms with E-state index in [1.54, 1.807) is 23.1 Å². The molecule has 164 valence electrons. The number of hydrogen-bond donors (Lipinski definition) is 0. The van der Waals surface area contributed by atoms with Crippen LogP contribution in [0.4, 0.5) is 0 Å². The van der Waals surface area contributed by atoms with E-state index in [9.17, 15) is 4.79 Å². The quantitative estimate of drug-likeness (QED) is 0.243. The zero-order valence-electron chi connectivity index (χ0n) is 18.3. The summed E-state index contributed by atoms with van der Waals surface area (Å²) in [4.78, 5) is 23.4. The van der Waals surface area contributed by atoms with Crippen molar-refractivity contribution in [3.63, 3.8) is 0 Å². The normalized spacial score (nSPS) is 14.1. The number of hydrogen-bond acceptors (Lipinski definition) is 5. The second-order valence-corrected chi connectivity index (χ2v) is 10.5. The number of thiophene rings is 1. The van der Waals surface area contributed by atoms with Gasteiger partial charge >= 0.3 is 0 Å². The fourth-order valence-electron chi connectivity index (χ4n) is 4.61. The molecule has 0 saturated heterocycles. The van der Waals surface area contributed by atoms with E-state index in [4.69, 9.17) is 4.98 Å². The van der Waals surface area contributed by atoms with Gasteiger partial charge in [0.1, 0.15) is 4.83 Å². The smallest absolute Gasteiger partial charge is 0.267 e. The maximum Gasteiger partial charge on any atom is 0.267 e. The molecule has 0 saturated carbocycles. The Balaban J connectivity index is 1.49. The minimum atomic E-state index is 0.0497. The Labute approximate surface area is 200 Å². The van der Waals surface area contributed by atoms with Crippen molar-refractivity contribution in [2.24, 2.45) is 0 Å². The van der Waals surface area contributed by atoms with Gasteiger partial charge in [-0.2, -0.15) is 0 Å². The summed E-state index contributed by atoms with van der Waals surface area (Å²) in [6, 6.07) is 24.8. The molecule has 6 rings (SSSR count). The molecule has 6 heteroatoms. The second kappa shape index (κ2) is 8.45. The van der Waals surface area contributed by atoms with Crippen LogP contribution in [0.1, 0.15) is 16.0 Å². The lowest BCUT2D eigenvalue weighted by Crippen LogP contribution is -2.27. The lowest BCUT2D eigenvalue weighted by molar-refractivity contribution is 0.318. The number of benzene rings is 3. The Morgan fingerprint density at radius 2 is 1.79 bits per heavy atom. The summed E-state index contributed by atoms with van der Waals surface area (Å²) >= 11 is 3.31. The van der Waals surface area contributed by atoms with Crippen LogP contribution in [0, 0.1) is 0 Å². The largest absolute Gasteiger partial charge is 0.301 e. The van der Waals surface area contributed by atoms with Crippen LogP contribution in [-0.2, 0) is 18.7 Å². The van der Waals surface area contributed by atoms with E-state index in [2.05, 4.69) is 54.4 Å². The Morgan fingerprint density at radius 1 is 1.00 bits per heavy atom. The first kappa shape index (κ1) is 20.7. The number of aromatic nitrogens is 2. The van der Waals surface area contributed by atoms with Crippen molar-refractivity contribution >= 4 is 44.1 Å². The van der Waals surface area contributed by atoms with Crippen LogP contribution >= 0.6 is 23.1 Å². The van der Waals surface area contributed by atoms with E-state index < -0.39 is 0 Å². The molecule has 3 aromatic carbocycles. The summed E-state index contributed by atoms with van der Waals surface area (Å²) in [7, 11) is 2.13. The van der Waals surface area contributed by atoms with E-state index in [0.717, 1.165) is 46.3 Å². The average molecular weight is 470 g/mol. The molecule has 0 spiro atoms. The first-order valence-electron chi connectivity index (χ1n) is 11.1. The zero-order valence-corrected chi connectivity index (χ0v) is 20.0. The molecule has 0 radical (unpaired) electrons. The first-order chi connectivity index (χ1) is 16.2. The molecular formula is C27H23N3OS2. The molecule has 2 aromatic heterocycles. The first-order valence-corrected chi connectivity index (χ1v) is 12.9. The summed E-state index contributed by atoms with van der Waals surface area (Å²) in [6.45, 7) is 1.86. The number of thioether (sulfide) groups is 1. The van der Waals surface area contributed by atoms with Gasteiger partial charge in [0.05, 0.1) is 11.1 Å². The summed E-state index contributed by atoms with van der Waals surface area (Å²) < 4.78 is 1.81. The Bertz CT molecular complexity index is 1530. The van der Waals surface area contributed by atoms with Crippen LogP contribution in [0.25, 0.3) is 26.7 Å². The molecule has 33 heavy (non-hydrogen) atoms. The van der Waals surface area contributed by atoms with Gasteiger partial charge in [-0.15, -0.1) is 11.3 Å². The molecule has 0 fully saturated rings. The van der Waals surface area contributed by atoms with Crippen molar-refractivity contribution in [1.29, 1.82) is 0 Å². The standard InChI is InChI=1S/C27H23N3OS2/c1-29-15-14-22-23(16-29)33-25-24(22)26(31)30(20-11-3-2-4-12-20)27(28-25)32-17-19-10-7-9-18-8-5-6-13-21(18)19/h2-13H,14-17H2,1H3. The lowest BCUT2D eigenvalue weighted by Gasteiger charge is -2.21. The third-order valence-electron chi connectivity index (χ3n) is 6.29. The molecule has 1 aliphatic heterocycles. The van der Waals surface area contributed by atoms with Crippen molar-refractivity contribution < 1.29 is 0 Å². The molecule has 0 unspecified atom stereocenters. The maximum absolute atomic E-state index is 13.9. The van der Waals surface area contributed by atoms with Gasteiger partial charge in [0.15, 0.2) is 5.16 Å². The van der Waals surface area contributed by atoms with E-state index >= 15 is 0 Å². The number of rotatable bonds is 4. The van der Waals surface area contributed by atoms with Crippen LogP contribution in [0.3, 0.4) is 0 Å². The molecule has 0 amide bonds. The van der Waals surface area contributed by atoms with Crippen molar-refractivity contribution in [3.05, 3.63) is 99.2 Å². The van der Waals surface area contributed by atoms with E-state index in [1.807, 2.05) is 34.9 Å². The van der Waals surface area contributed by atoms with Crippen molar-refractivity contribution in [1.82, 2.24) is 14.5 Å². The van der Waals surface area contributed by atoms with Gasteiger partial charge in [-0.25, -0.2) is 4.98 Å². The van der Waals surface area contributed by atoms with Gasteiger partial charge in [-0.05, 0) is 47.5 Å². The summed E-state index contributed by atoms with van der Waals surface area (Å²) in [5, 5.41) is 4.03. The molecule has 0 N–H and O–H groups in total. The predicted molar refractivity (Wildman–Crippen MR) is 139 cm³/mol. The number of para-hydroxylation sites is 1. The third kappa shape index (κ3) is 3.68. The van der Waals surface area contributed by atoms with Crippen LogP contribution in [0.2, 0.25) is 0 Å². The van der Waals surface area contributed by atoms with Crippen molar-refractivity contribution in [3.8, 4) is 5.69 Å². The SMILES string of the molecule is CN1CCc2c(sc3nc(SCc4cccc5ccccc45)n(-c4ccccc4)c(=O)c23)C1.